The Morgan fingerprint density at radius 3 is 2.86 bits per heavy atom. The van der Waals surface area contributed by atoms with Crippen LogP contribution in [-0.4, -0.2) is 21.2 Å². The summed E-state index contributed by atoms with van der Waals surface area (Å²) in [6.07, 6.45) is 3.43. The van der Waals surface area contributed by atoms with Crippen LogP contribution in [0.15, 0.2) is 28.0 Å². The van der Waals surface area contributed by atoms with Gasteiger partial charge >= 0.3 is 0 Å². The molecule has 0 amide bonds. The van der Waals surface area contributed by atoms with E-state index in [1.54, 1.807) is 18.4 Å². The van der Waals surface area contributed by atoms with Gasteiger partial charge in [0, 0.05) is 0 Å². The summed E-state index contributed by atoms with van der Waals surface area (Å²) in [6, 6.07) is 3.54. The van der Waals surface area contributed by atoms with Gasteiger partial charge in [0.15, 0.2) is 10.9 Å². The van der Waals surface area contributed by atoms with E-state index in [1.807, 2.05) is 6.26 Å². The van der Waals surface area contributed by atoms with Crippen LogP contribution in [0.5, 0.6) is 0 Å². The fourth-order valence-corrected chi connectivity index (χ4v) is 1.50. The summed E-state index contributed by atoms with van der Waals surface area (Å²) in [6.45, 7) is 0. The van der Waals surface area contributed by atoms with Crippen molar-refractivity contribution < 1.29 is 4.42 Å². The van der Waals surface area contributed by atoms with Gasteiger partial charge in [0.2, 0.25) is 11.1 Å². The van der Waals surface area contributed by atoms with Gasteiger partial charge in [0.05, 0.1) is 6.26 Å². The summed E-state index contributed by atoms with van der Waals surface area (Å²) < 4.78 is 5.15. The van der Waals surface area contributed by atoms with E-state index in [4.69, 9.17) is 16.0 Å². The van der Waals surface area contributed by atoms with E-state index in [0.29, 0.717) is 16.7 Å². The average Bonchev–Trinajstić information content (AvgIpc) is 2.69. The van der Waals surface area contributed by atoms with E-state index < -0.39 is 0 Å². The molecule has 0 aromatic carbocycles. The van der Waals surface area contributed by atoms with Crippen molar-refractivity contribution in [3.05, 3.63) is 23.7 Å². The zero-order valence-corrected chi connectivity index (χ0v) is 8.84. The third-order valence-electron chi connectivity index (χ3n) is 1.51. The monoisotopic (exact) mass is 227 g/mol. The second-order valence-corrected chi connectivity index (χ2v) is 3.50. The van der Waals surface area contributed by atoms with E-state index in [-0.39, 0.29) is 5.28 Å². The van der Waals surface area contributed by atoms with Gasteiger partial charge in [-0.05, 0) is 30.0 Å². The van der Waals surface area contributed by atoms with Crippen molar-refractivity contribution in [1.82, 2.24) is 15.0 Å². The SMILES string of the molecule is CSc1nc(Cl)nc(-c2ccco2)n1. The number of hydrogen-bond acceptors (Lipinski definition) is 5. The molecule has 2 heterocycles. The minimum absolute atomic E-state index is 0.177. The number of hydrogen-bond donors (Lipinski definition) is 0. The predicted molar refractivity (Wildman–Crippen MR) is 54.3 cm³/mol. The molecule has 0 saturated carbocycles. The van der Waals surface area contributed by atoms with E-state index >= 15 is 0 Å². The zero-order valence-electron chi connectivity index (χ0n) is 7.27. The lowest BCUT2D eigenvalue weighted by Gasteiger charge is -1.98. The summed E-state index contributed by atoms with van der Waals surface area (Å²) >= 11 is 7.13. The standard InChI is InChI=1S/C8H6ClN3OS/c1-14-8-11-6(10-7(9)12-8)5-3-2-4-13-5/h2-4H,1H3. The lowest BCUT2D eigenvalue weighted by molar-refractivity contribution is 0.575. The Bertz CT molecular complexity index is 432. The summed E-state index contributed by atoms with van der Waals surface area (Å²) in [7, 11) is 0. The van der Waals surface area contributed by atoms with Crippen LogP contribution in [0.1, 0.15) is 0 Å². The van der Waals surface area contributed by atoms with Gasteiger partial charge in [-0.2, -0.15) is 15.0 Å². The molecule has 2 rings (SSSR count). The Labute approximate surface area is 89.7 Å². The number of nitrogens with zero attached hydrogens (tertiary/aromatic N) is 3. The number of aromatic nitrogens is 3. The molecule has 0 N–H and O–H groups in total. The summed E-state index contributed by atoms with van der Waals surface area (Å²) in [5.74, 6) is 1.05. The van der Waals surface area contributed by atoms with Gasteiger partial charge in [0.1, 0.15) is 0 Å². The molecule has 6 heteroatoms. The second kappa shape index (κ2) is 3.98. The first-order valence-electron chi connectivity index (χ1n) is 3.79. The highest BCUT2D eigenvalue weighted by Gasteiger charge is 2.08. The molecule has 14 heavy (non-hydrogen) atoms. The molecular formula is C8H6ClN3OS. The summed E-state index contributed by atoms with van der Waals surface area (Å²) in [4.78, 5) is 12.0. The maximum Gasteiger partial charge on any atom is 0.227 e. The molecule has 0 unspecified atom stereocenters. The van der Waals surface area contributed by atoms with E-state index in [9.17, 15) is 0 Å². The molecule has 0 saturated heterocycles. The highest BCUT2D eigenvalue weighted by molar-refractivity contribution is 7.98. The molecule has 0 atom stereocenters. The molecule has 0 aliphatic carbocycles. The Balaban J connectivity index is 2.48. The van der Waals surface area contributed by atoms with Crippen molar-refractivity contribution in [2.75, 3.05) is 6.26 Å². The summed E-state index contributed by atoms with van der Waals surface area (Å²) in [5.41, 5.74) is 0. The first kappa shape index (κ1) is 9.48. The minimum atomic E-state index is 0.177. The predicted octanol–water partition coefficient (Wildman–Crippen LogP) is 2.51. The van der Waals surface area contributed by atoms with Gasteiger partial charge < -0.3 is 4.42 Å². The van der Waals surface area contributed by atoms with Crippen molar-refractivity contribution in [2.24, 2.45) is 0 Å². The molecular weight excluding hydrogens is 222 g/mol. The van der Waals surface area contributed by atoms with E-state index in [1.165, 1.54) is 11.8 Å². The molecule has 2 aromatic heterocycles. The lowest BCUT2D eigenvalue weighted by Crippen LogP contribution is -1.94. The number of halogens is 1. The number of rotatable bonds is 2. The average molecular weight is 228 g/mol. The van der Waals surface area contributed by atoms with Crippen LogP contribution in [-0.2, 0) is 0 Å². The van der Waals surface area contributed by atoms with Crippen LogP contribution in [0.2, 0.25) is 5.28 Å². The zero-order chi connectivity index (χ0) is 9.97. The quantitative estimate of drug-likeness (QED) is 0.738. The fraction of sp³-hybridized carbons (Fsp3) is 0.125. The largest absolute Gasteiger partial charge is 0.461 e. The van der Waals surface area contributed by atoms with Crippen molar-refractivity contribution in [1.29, 1.82) is 0 Å². The maximum atomic E-state index is 5.73. The molecule has 0 spiro atoms. The molecule has 2 aromatic rings. The Morgan fingerprint density at radius 1 is 1.36 bits per heavy atom. The highest BCUT2D eigenvalue weighted by Crippen LogP contribution is 2.19. The third kappa shape index (κ3) is 1.88. The fourth-order valence-electron chi connectivity index (χ4n) is 0.939. The molecule has 4 nitrogen and oxygen atoms in total. The van der Waals surface area contributed by atoms with Crippen LogP contribution in [0, 0.1) is 0 Å². The lowest BCUT2D eigenvalue weighted by atomic mass is 10.4. The van der Waals surface area contributed by atoms with Crippen molar-refractivity contribution in [2.45, 2.75) is 5.16 Å². The first-order valence-corrected chi connectivity index (χ1v) is 5.39. The second-order valence-electron chi connectivity index (χ2n) is 2.39. The van der Waals surface area contributed by atoms with Crippen molar-refractivity contribution in [3.8, 4) is 11.6 Å². The summed E-state index contributed by atoms with van der Waals surface area (Å²) in [5, 5.41) is 0.757. The minimum Gasteiger partial charge on any atom is -0.461 e. The molecule has 0 bridgehead atoms. The molecule has 0 aliphatic heterocycles. The Hall–Kier alpha value is -1.07. The van der Waals surface area contributed by atoms with Gasteiger partial charge in [-0.1, -0.05) is 11.8 Å². The normalized spacial score (nSPS) is 10.4. The Morgan fingerprint density at radius 2 is 2.21 bits per heavy atom. The van der Waals surface area contributed by atoms with Gasteiger partial charge in [-0.15, -0.1) is 0 Å². The van der Waals surface area contributed by atoms with Crippen LogP contribution in [0.25, 0.3) is 11.6 Å². The molecule has 0 fully saturated rings. The third-order valence-corrected chi connectivity index (χ3v) is 2.23. The number of thioether (sulfide) groups is 1. The maximum absolute atomic E-state index is 5.73. The first-order chi connectivity index (χ1) is 6.79. The van der Waals surface area contributed by atoms with Crippen molar-refractivity contribution >= 4 is 23.4 Å². The van der Waals surface area contributed by atoms with Crippen LogP contribution < -0.4 is 0 Å². The van der Waals surface area contributed by atoms with Gasteiger partial charge in [0.25, 0.3) is 0 Å². The van der Waals surface area contributed by atoms with E-state index in [0.717, 1.165) is 0 Å². The van der Waals surface area contributed by atoms with Crippen molar-refractivity contribution in [3.63, 3.8) is 0 Å². The van der Waals surface area contributed by atoms with Crippen LogP contribution in [0.3, 0.4) is 0 Å². The van der Waals surface area contributed by atoms with Crippen LogP contribution >= 0.6 is 23.4 Å². The molecule has 0 radical (unpaired) electrons. The highest BCUT2D eigenvalue weighted by atomic mass is 35.5. The molecule has 0 aliphatic rings. The Kier molecular flexibility index (Phi) is 2.69. The number of furan rings is 1. The van der Waals surface area contributed by atoms with Gasteiger partial charge in [-0.3, -0.25) is 0 Å². The topological polar surface area (TPSA) is 51.8 Å². The smallest absolute Gasteiger partial charge is 0.227 e. The molecule has 72 valence electrons. The van der Waals surface area contributed by atoms with Gasteiger partial charge in [-0.25, -0.2) is 0 Å². The van der Waals surface area contributed by atoms with Crippen LogP contribution in [0.4, 0.5) is 0 Å². The van der Waals surface area contributed by atoms with E-state index in [2.05, 4.69) is 15.0 Å².